The largest absolute Gasteiger partial charge is 0.450 e. The summed E-state index contributed by atoms with van der Waals surface area (Å²) >= 11 is 0. The van der Waals surface area contributed by atoms with Gasteiger partial charge in [-0.25, -0.2) is 4.79 Å². The molecular formula is C23H31N3O7. The number of amides is 2. The lowest BCUT2D eigenvalue weighted by Crippen LogP contribution is -2.51. The van der Waals surface area contributed by atoms with Crippen LogP contribution >= 0.6 is 0 Å². The van der Waals surface area contributed by atoms with Crippen molar-refractivity contribution in [2.24, 2.45) is 11.8 Å². The van der Waals surface area contributed by atoms with Crippen molar-refractivity contribution >= 4 is 23.7 Å². The maximum absolute atomic E-state index is 12.7. The molecule has 0 unspecified atom stereocenters. The summed E-state index contributed by atoms with van der Waals surface area (Å²) in [5, 5.41) is 10.7. The van der Waals surface area contributed by atoms with Crippen LogP contribution in [0.1, 0.15) is 46.5 Å². The Hall–Kier alpha value is -3.17. The van der Waals surface area contributed by atoms with E-state index >= 15 is 0 Å². The number of nitrogens with zero attached hydrogens (tertiary/aromatic N) is 3. The minimum Gasteiger partial charge on any atom is -0.450 e. The van der Waals surface area contributed by atoms with Crippen LogP contribution in [0.15, 0.2) is 24.3 Å². The molecule has 1 aromatic carbocycles. The lowest BCUT2D eigenvalue weighted by atomic mass is 9.78. The molecule has 0 aliphatic carbocycles. The fourth-order valence-electron chi connectivity index (χ4n) is 4.71. The smallest absolute Gasteiger partial charge is 0.415 e. The van der Waals surface area contributed by atoms with Crippen LogP contribution in [0.4, 0.5) is 10.5 Å². The third-order valence-electron chi connectivity index (χ3n) is 6.46. The highest BCUT2D eigenvalue weighted by atomic mass is 16.6. The predicted octanol–water partition coefficient (Wildman–Crippen LogP) is 3.39. The molecule has 1 aromatic rings. The summed E-state index contributed by atoms with van der Waals surface area (Å²) in [6.07, 6.45) is 3.06. The first-order valence-corrected chi connectivity index (χ1v) is 11.3. The van der Waals surface area contributed by atoms with E-state index < -0.39 is 22.6 Å². The Labute approximate surface area is 193 Å². The van der Waals surface area contributed by atoms with E-state index in [1.54, 1.807) is 23.6 Å². The molecule has 0 bridgehead atoms. The molecule has 2 fully saturated rings. The van der Waals surface area contributed by atoms with Gasteiger partial charge in [-0.1, -0.05) is 0 Å². The van der Waals surface area contributed by atoms with Gasteiger partial charge in [0.2, 0.25) is 0 Å². The summed E-state index contributed by atoms with van der Waals surface area (Å²) < 4.78 is 10.5. The van der Waals surface area contributed by atoms with E-state index in [9.17, 15) is 24.5 Å². The number of benzene rings is 1. The lowest BCUT2D eigenvalue weighted by molar-refractivity contribution is -0.384. The zero-order valence-electron chi connectivity index (χ0n) is 19.3. The first-order chi connectivity index (χ1) is 15.6. The van der Waals surface area contributed by atoms with Crippen molar-refractivity contribution < 1.29 is 28.8 Å². The van der Waals surface area contributed by atoms with Gasteiger partial charge in [0.15, 0.2) is 5.60 Å². The molecule has 180 valence electrons. The van der Waals surface area contributed by atoms with Crippen LogP contribution in [-0.2, 0) is 14.3 Å². The van der Waals surface area contributed by atoms with Crippen molar-refractivity contribution in [3.63, 3.8) is 0 Å². The van der Waals surface area contributed by atoms with Crippen molar-refractivity contribution in [2.45, 2.75) is 52.1 Å². The number of likely N-dealkylation sites (tertiary alicyclic amines) is 2. The average Bonchev–Trinajstić information content (AvgIpc) is 2.78. The highest BCUT2D eigenvalue weighted by Gasteiger charge is 2.38. The van der Waals surface area contributed by atoms with Gasteiger partial charge in [-0.15, -0.1) is 0 Å². The molecule has 0 saturated carbocycles. The van der Waals surface area contributed by atoms with Crippen LogP contribution < -0.4 is 4.74 Å². The minimum atomic E-state index is -1.16. The monoisotopic (exact) mass is 461 g/mol. The summed E-state index contributed by atoms with van der Waals surface area (Å²) in [6.45, 7) is 7.00. The van der Waals surface area contributed by atoms with Crippen molar-refractivity contribution in [1.29, 1.82) is 0 Å². The van der Waals surface area contributed by atoms with Gasteiger partial charge in [0.25, 0.3) is 11.6 Å². The first kappa shape index (κ1) is 24.5. The molecular weight excluding hydrogens is 430 g/mol. The quantitative estimate of drug-likeness (QED) is 0.374. The normalized spacial score (nSPS) is 18.0. The third-order valence-corrected chi connectivity index (χ3v) is 6.46. The van der Waals surface area contributed by atoms with Crippen LogP contribution in [0, 0.1) is 22.0 Å². The van der Waals surface area contributed by atoms with Crippen molar-refractivity contribution in [3.05, 3.63) is 34.4 Å². The molecule has 10 heteroatoms. The number of carbonyl (C=O) groups excluding carboxylic acids is 3. The van der Waals surface area contributed by atoms with E-state index in [-0.39, 0.29) is 17.3 Å². The second-order valence-corrected chi connectivity index (χ2v) is 9.18. The Morgan fingerprint density at radius 2 is 1.42 bits per heavy atom. The van der Waals surface area contributed by atoms with Gasteiger partial charge in [-0.05, 0) is 63.5 Å². The standard InChI is InChI=1S/C23H31N3O7/c1-16(27)33-23(2,3)21(28)24-12-8-17(9-13-24)18-10-14-25(15-11-18)22(29)32-20-6-4-19(5-7-20)26(30)31/h4-7,17-18H,8-15H2,1-3H3. The van der Waals surface area contributed by atoms with Gasteiger partial charge in [-0.3, -0.25) is 19.7 Å². The Kier molecular flexibility index (Phi) is 7.55. The number of hydrogen-bond donors (Lipinski definition) is 0. The van der Waals surface area contributed by atoms with E-state index in [4.69, 9.17) is 9.47 Å². The molecule has 0 radical (unpaired) electrons. The zero-order chi connectivity index (χ0) is 24.2. The van der Waals surface area contributed by atoms with Crippen LogP contribution in [0.3, 0.4) is 0 Å². The van der Waals surface area contributed by atoms with Crippen LogP contribution in [0.2, 0.25) is 0 Å². The van der Waals surface area contributed by atoms with Crippen LogP contribution in [0.25, 0.3) is 0 Å². The average molecular weight is 462 g/mol. The predicted molar refractivity (Wildman–Crippen MR) is 119 cm³/mol. The lowest BCUT2D eigenvalue weighted by Gasteiger charge is -2.41. The number of hydrogen-bond acceptors (Lipinski definition) is 7. The fourth-order valence-corrected chi connectivity index (χ4v) is 4.71. The Morgan fingerprint density at radius 1 is 0.939 bits per heavy atom. The molecule has 2 aliphatic heterocycles. The topological polar surface area (TPSA) is 119 Å². The molecule has 2 saturated heterocycles. The SMILES string of the molecule is CC(=O)OC(C)(C)C(=O)N1CCC(C2CCN(C(=O)Oc3ccc([N+](=O)[O-])cc3)CC2)CC1. The van der Waals surface area contributed by atoms with Gasteiger partial charge in [0, 0.05) is 45.2 Å². The molecule has 3 rings (SSSR count). The Morgan fingerprint density at radius 3 is 1.88 bits per heavy atom. The van der Waals surface area contributed by atoms with Crippen LogP contribution in [-0.4, -0.2) is 64.5 Å². The molecule has 0 N–H and O–H groups in total. The summed E-state index contributed by atoms with van der Waals surface area (Å²) in [5.41, 5.74) is -1.22. The summed E-state index contributed by atoms with van der Waals surface area (Å²) in [6, 6.07) is 5.44. The maximum Gasteiger partial charge on any atom is 0.415 e. The van der Waals surface area contributed by atoms with Crippen molar-refractivity contribution in [1.82, 2.24) is 9.80 Å². The van der Waals surface area contributed by atoms with Gasteiger partial charge < -0.3 is 19.3 Å². The van der Waals surface area contributed by atoms with E-state index in [0.717, 1.165) is 25.7 Å². The van der Waals surface area contributed by atoms with Gasteiger partial charge in [-0.2, -0.15) is 0 Å². The molecule has 2 aliphatic rings. The Bertz CT molecular complexity index is 884. The Balaban J connectivity index is 1.44. The molecule has 0 spiro atoms. The van der Waals surface area contributed by atoms with Crippen LogP contribution in [0.5, 0.6) is 5.75 Å². The summed E-state index contributed by atoms with van der Waals surface area (Å²) in [7, 11) is 0. The number of ether oxygens (including phenoxy) is 2. The molecule has 2 amide bonds. The number of piperidine rings is 2. The highest BCUT2D eigenvalue weighted by molar-refractivity contribution is 5.86. The second-order valence-electron chi connectivity index (χ2n) is 9.18. The molecule has 2 heterocycles. The molecule has 0 aromatic heterocycles. The number of rotatable bonds is 5. The number of nitro groups is 1. The van der Waals surface area contributed by atoms with Crippen molar-refractivity contribution in [2.75, 3.05) is 26.2 Å². The van der Waals surface area contributed by atoms with E-state index in [0.29, 0.717) is 38.0 Å². The number of nitro benzene ring substituents is 1. The highest BCUT2D eigenvalue weighted by Crippen LogP contribution is 2.33. The second kappa shape index (κ2) is 10.2. The van der Waals surface area contributed by atoms with Gasteiger partial charge in [0.1, 0.15) is 5.75 Å². The number of esters is 1. The number of carbonyl (C=O) groups is 3. The fraction of sp³-hybridized carbons (Fsp3) is 0.609. The molecule has 0 atom stereocenters. The van der Waals surface area contributed by atoms with Crippen molar-refractivity contribution in [3.8, 4) is 5.75 Å². The van der Waals surface area contributed by atoms with E-state index in [1.807, 2.05) is 0 Å². The van der Waals surface area contributed by atoms with Gasteiger partial charge in [0.05, 0.1) is 4.92 Å². The van der Waals surface area contributed by atoms with Gasteiger partial charge >= 0.3 is 12.1 Å². The first-order valence-electron chi connectivity index (χ1n) is 11.3. The number of non-ortho nitro benzene ring substituents is 1. The van der Waals surface area contributed by atoms with E-state index in [1.165, 1.54) is 31.2 Å². The molecule has 33 heavy (non-hydrogen) atoms. The summed E-state index contributed by atoms with van der Waals surface area (Å²) in [5.74, 6) is 0.606. The third kappa shape index (κ3) is 6.21. The zero-order valence-corrected chi connectivity index (χ0v) is 19.3. The summed E-state index contributed by atoms with van der Waals surface area (Å²) in [4.78, 5) is 50.1. The molecule has 10 nitrogen and oxygen atoms in total. The minimum absolute atomic E-state index is 0.0571. The van der Waals surface area contributed by atoms with E-state index in [2.05, 4.69) is 0 Å². The maximum atomic E-state index is 12.7.